The molecule has 0 aliphatic heterocycles. The number of hydrogen-bond acceptors (Lipinski definition) is 4. The molecule has 2 amide bonds. The Labute approximate surface area is 141 Å². The number of methoxy groups -OCH3 is 1. The van der Waals surface area contributed by atoms with Crippen molar-refractivity contribution in [2.75, 3.05) is 18.6 Å². The number of carbonyl (C=O) groups excluding carboxylic acids is 2. The van der Waals surface area contributed by atoms with Crippen LogP contribution in [0.1, 0.15) is 18.2 Å². The summed E-state index contributed by atoms with van der Waals surface area (Å²) >= 11 is 0. The predicted molar refractivity (Wildman–Crippen MR) is 91.8 cm³/mol. The lowest BCUT2D eigenvalue weighted by molar-refractivity contribution is -0.123. The summed E-state index contributed by atoms with van der Waals surface area (Å²) in [5.74, 6) is 0.0552. The zero-order chi connectivity index (χ0) is 17.5. The number of ether oxygens (including phenoxy) is 1. The number of aryl methyl sites for hydroxylation is 1. The smallest absolute Gasteiger partial charge is 0.240 e. The fourth-order valence-corrected chi connectivity index (χ4v) is 2.27. The van der Waals surface area contributed by atoms with Crippen molar-refractivity contribution < 1.29 is 14.3 Å². The van der Waals surface area contributed by atoms with Gasteiger partial charge in [0.05, 0.1) is 25.0 Å². The maximum absolute atomic E-state index is 12.2. The lowest BCUT2D eigenvalue weighted by Gasteiger charge is -2.23. The summed E-state index contributed by atoms with van der Waals surface area (Å²) in [5, 5.41) is 2.77. The maximum atomic E-state index is 12.2. The van der Waals surface area contributed by atoms with Crippen LogP contribution in [0.3, 0.4) is 0 Å². The van der Waals surface area contributed by atoms with E-state index in [1.807, 2.05) is 37.3 Å². The molecule has 0 fully saturated rings. The number of amides is 2. The molecule has 0 radical (unpaired) electrons. The van der Waals surface area contributed by atoms with Gasteiger partial charge in [-0.2, -0.15) is 0 Å². The van der Waals surface area contributed by atoms with Gasteiger partial charge in [-0.25, -0.2) is 0 Å². The van der Waals surface area contributed by atoms with Crippen molar-refractivity contribution >= 4 is 17.5 Å². The van der Waals surface area contributed by atoms with Crippen LogP contribution in [0, 0.1) is 6.92 Å². The van der Waals surface area contributed by atoms with E-state index in [1.165, 1.54) is 18.9 Å². The van der Waals surface area contributed by atoms with Gasteiger partial charge < -0.3 is 10.1 Å². The molecule has 2 rings (SSSR count). The summed E-state index contributed by atoms with van der Waals surface area (Å²) in [4.78, 5) is 29.8. The Balaban J connectivity index is 2.10. The van der Waals surface area contributed by atoms with Gasteiger partial charge >= 0.3 is 0 Å². The summed E-state index contributed by atoms with van der Waals surface area (Å²) in [6, 6.07) is 11.0. The van der Waals surface area contributed by atoms with E-state index in [1.54, 1.807) is 12.3 Å². The molecule has 24 heavy (non-hydrogen) atoms. The van der Waals surface area contributed by atoms with Crippen LogP contribution in [-0.4, -0.2) is 30.5 Å². The van der Waals surface area contributed by atoms with Crippen LogP contribution >= 0.6 is 0 Å². The van der Waals surface area contributed by atoms with Crippen molar-refractivity contribution in [3.05, 3.63) is 53.9 Å². The monoisotopic (exact) mass is 327 g/mol. The molecule has 0 unspecified atom stereocenters. The minimum absolute atomic E-state index is 0.0814. The van der Waals surface area contributed by atoms with Crippen molar-refractivity contribution in [2.45, 2.75) is 20.4 Å². The lowest BCUT2D eigenvalue weighted by Crippen LogP contribution is -2.39. The van der Waals surface area contributed by atoms with Gasteiger partial charge in [0, 0.05) is 13.1 Å². The fraction of sp³-hybridized carbons (Fsp3) is 0.278. The van der Waals surface area contributed by atoms with E-state index in [0.29, 0.717) is 18.0 Å². The first-order valence-electron chi connectivity index (χ1n) is 7.60. The topological polar surface area (TPSA) is 71.5 Å². The van der Waals surface area contributed by atoms with E-state index < -0.39 is 0 Å². The molecule has 0 spiro atoms. The summed E-state index contributed by atoms with van der Waals surface area (Å²) in [7, 11) is 1.54. The Bertz CT molecular complexity index is 717. The second-order valence-electron chi connectivity index (χ2n) is 5.38. The summed E-state index contributed by atoms with van der Waals surface area (Å²) in [5.41, 5.74) is 2.32. The molecular weight excluding hydrogens is 306 g/mol. The number of rotatable bonds is 6. The second-order valence-corrected chi connectivity index (χ2v) is 5.38. The first kappa shape index (κ1) is 17.5. The Morgan fingerprint density at radius 1 is 1.25 bits per heavy atom. The van der Waals surface area contributed by atoms with Crippen LogP contribution in [0.2, 0.25) is 0 Å². The predicted octanol–water partition coefficient (Wildman–Crippen LogP) is 2.07. The molecule has 0 aliphatic carbocycles. The molecule has 0 aliphatic rings. The number of pyridine rings is 1. The van der Waals surface area contributed by atoms with E-state index in [9.17, 15) is 9.59 Å². The molecule has 2 aromatic rings. The number of nitrogens with zero attached hydrogens (tertiary/aromatic N) is 2. The van der Waals surface area contributed by atoms with Crippen LogP contribution in [0.5, 0.6) is 5.75 Å². The molecular formula is C18H21N3O3. The Hall–Kier alpha value is -2.89. The Morgan fingerprint density at radius 2 is 2.04 bits per heavy atom. The number of carbonyl (C=O) groups is 2. The molecule has 0 bridgehead atoms. The van der Waals surface area contributed by atoms with Crippen LogP contribution in [0.4, 0.5) is 5.69 Å². The highest BCUT2D eigenvalue weighted by Crippen LogP contribution is 2.29. The summed E-state index contributed by atoms with van der Waals surface area (Å²) < 4.78 is 5.31. The number of aromatic nitrogens is 1. The highest BCUT2D eigenvalue weighted by atomic mass is 16.5. The van der Waals surface area contributed by atoms with Gasteiger partial charge in [-0.05, 0) is 36.8 Å². The first-order valence-corrected chi connectivity index (χ1v) is 7.60. The Kier molecular flexibility index (Phi) is 5.89. The van der Waals surface area contributed by atoms with Crippen LogP contribution < -0.4 is 15.0 Å². The Morgan fingerprint density at radius 3 is 2.67 bits per heavy atom. The van der Waals surface area contributed by atoms with E-state index >= 15 is 0 Å². The second kappa shape index (κ2) is 8.10. The van der Waals surface area contributed by atoms with Crippen molar-refractivity contribution in [3.63, 3.8) is 0 Å². The zero-order valence-electron chi connectivity index (χ0n) is 14.1. The molecule has 1 heterocycles. The fourth-order valence-electron chi connectivity index (χ4n) is 2.27. The van der Waals surface area contributed by atoms with E-state index in [-0.39, 0.29) is 18.4 Å². The summed E-state index contributed by atoms with van der Waals surface area (Å²) in [6.07, 6.45) is 1.67. The van der Waals surface area contributed by atoms with Crippen LogP contribution in [0.25, 0.3) is 0 Å². The minimum Gasteiger partial charge on any atom is -0.495 e. The van der Waals surface area contributed by atoms with Crippen molar-refractivity contribution in [1.82, 2.24) is 10.3 Å². The third-order valence-corrected chi connectivity index (χ3v) is 3.50. The summed E-state index contributed by atoms with van der Waals surface area (Å²) in [6.45, 7) is 3.58. The molecule has 126 valence electrons. The molecule has 1 N–H and O–H groups in total. The van der Waals surface area contributed by atoms with Gasteiger partial charge in [-0.15, -0.1) is 0 Å². The van der Waals surface area contributed by atoms with Crippen molar-refractivity contribution in [1.29, 1.82) is 0 Å². The lowest BCUT2D eigenvalue weighted by atomic mass is 10.2. The van der Waals surface area contributed by atoms with Crippen LogP contribution in [0.15, 0.2) is 42.6 Å². The molecule has 1 aromatic heterocycles. The number of benzene rings is 1. The largest absolute Gasteiger partial charge is 0.495 e. The average Bonchev–Trinajstić information content (AvgIpc) is 2.58. The van der Waals surface area contributed by atoms with E-state index in [4.69, 9.17) is 4.74 Å². The highest BCUT2D eigenvalue weighted by Gasteiger charge is 2.19. The standard InChI is InChI=1S/C18H21N3O3/c1-13-7-8-17(24-3)16(10-13)21(14(2)22)12-18(23)20-11-15-6-4-5-9-19-15/h4-10H,11-12H2,1-3H3,(H,20,23). The molecule has 6 heteroatoms. The average molecular weight is 327 g/mol. The molecule has 0 atom stereocenters. The molecule has 0 saturated heterocycles. The molecule has 0 saturated carbocycles. The third kappa shape index (κ3) is 4.55. The van der Waals surface area contributed by atoms with Gasteiger partial charge in [-0.1, -0.05) is 12.1 Å². The SMILES string of the molecule is COc1ccc(C)cc1N(CC(=O)NCc1ccccn1)C(C)=O. The quantitative estimate of drug-likeness (QED) is 0.881. The van der Waals surface area contributed by atoms with Crippen molar-refractivity contribution in [2.24, 2.45) is 0 Å². The first-order chi connectivity index (χ1) is 11.5. The number of anilines is 1. The van der Waals surface area contributed by atoms with E-state index in [0.717, 1.165) is 11.3 Å². The van der Waals surface area contributed by atoms with Gasteiger partial charge in [0.25, 0.3) is 0 Å². The van der Waals surface area contributed by atoms with Gasteiger partial charge in [0.1, 0.15) is 12.3 Å². The van der Waals surface area contributed by atoms with Crippen LogP contribution in [-0.2, 0) is 16.1 Å². The number of hydrogen-bond donors (Lipinski definition) is 1. The normalized spacial score (nSPS) is 10.1. The zero-order valence-corrected chi connectivity index (χ0v) is 14.1. The van der Waals surface area contributed by atoms with Gasteiger partial charge in [-0.3, -0.25) is 19.5 Å². The highest BCUT2D eigenvalue weighted by molar-refractivity contribution is 5.98. The molecule has 1 aromatic carbocycles. The van der Waals surface area contributed by atoms with Gasteiger partial charge in [0.2, 0.25) is 11.8 Å². The minimum atomic E-state index is -0.264. The maximum Gasteiger partial charge on any atom is 0.240 e. The van der Waals surface area contributed by atoms with E-state index in [2.05, 4.69) is 10.3 Å². The number of nitrogens with one attached hydrogen (secondary N) is 1. The molecule has 6 nitrogen and oxygen atoms in total. The van der Waals surface area contributed by atoms with Crippen molar-refractivity contribution in [3.8, 4) is 5.75 Å². The third-order valence-electron chi connectivity index (χ3n) is 3.50. The van der Waals surface area contributed by atoms with Gasteiger partial charge in [0.15, 0.2) is 0 Å².